The zero-order valence-corrected chi connectivity index (χ0v) is 12.6. The fourth-order valence-corrected chi connectivity index (χ4v) is 3.94. The molecular formula is C15H28N4O. The molecular weight excluding hydrogens is 252 g/mol. The topological polar surface area (TPSA) is 52.8 Å². The van der Waals surface area contributed by atoms with Crippen LogP contribution >= 0.6 is 0 Å². The zero-order valence-electron chi connectivity index (χ0n) is 12.6. The first-order chi connectivity index (χ1) is 9.63. The Morgan fingerprint density at radius 1 is 1.05 bits per heavy atom. The molecule has 0 aromatic heterocycles. The monoisotopic (exact) mass is 280 g/mol. The van der Waals surface area contributed by atoms with Crippen LogP contribution in [0.4, 0.5) is 0 Å². The molecule has 3 heterocycles. The van der Waals surface area contributed by atoms with Crippen LogP contribution in [0.5, 0.6) is 0 Å². The van der Waals surface area contributed by atoms with Crippen LogP contribution in [0, 0.1) is 0 Å². The Hall–Kier alpha value is -0.650. The van der Waals surface area contributed by atoms with Gasteiger partial charge in [0.2, 0.25) is 5.91 Å². The van der Waals surface area contributed by atoms with Gasteiger partial charge in [-0.2, -0.15) is 0 Å². The second-order valence-electron chi connectivity index (χ2n) is 6.79. The van der Waals surface area contributed by atoms with Gasteiger partial charge in [-0.25, -0.2) is 0 Å². The number of fused-ring (bicyclic) bond motifs is 2. The van der Waals surface area contributed by atoms with Crippen LogP contribution in [0.25, 0.3) is 0 Å². The Labute approximate surface area is 122 Å². The van der Waals surface area contributed by atoms with E-state index in [1.165, 1.54) is 12.8 Å². The van der Waals surface area contributed by atoms with Crippen molar-refractivity contribution in [3.8, 4) is 0 Å². The molecule has 3 aliphatic rings. The van der Waals surface area contributed by atoms with Gasteiger partial charge in [-0.15, -0.1) is 0 Å². The molecule has 0 saturated carbocycles. The number of carbonyl (C=O) groups excluding carboxylic acids is 1. The maximum absolute atomic E-state index is 12.5. The first-order valence-electron chi connectivity index (χ1n) is 8.11. The average Bonchev–Trinajstić information content (AvgIpc) is 2.66. The number of hydrogen-bond acceptors (Lipinski definition) is 4. The van der Waals surface area contributed by atoms with Gasteiger partial charge < -0.3 is 10.6 Å². The summed E-state index contributed by atoms with van der Waals surface area (Å²) < 4.78 is 0. The molecule has 0 radical (unpaired) electrons. The van der Waals surface area contributed by atoms with E-state index in [1.807, 2.05) is 0 Å². The normalized spacial score (nSPS) is 33.4. The van der Waals surface area contributed by atoms with Crippen LogP contribution < -0.4 is 5.73 Å². The Morgan fingerprint density at radius 2 is 1.75 bits per heavy atom. The van der Waals surface area contributed by atoms with Crippen molar-refractivity contribution < 1.29 is 4.79 Å². The van der Waals surface area contributed by atoms with E-state index in [1.54, 1.807) is 0 Å². The summed E-state index contributed by atoms with van der Waals surface area (Å²) in [5, 5.41) is 0. The van der Waals surface area contributed by atoms with Gasteiger partial charge in [0.05, 0.1) is 6.54 Å². The molecule has 3 saturated heterocycles. The summed E-state index contributed by atoms with van der Waals surface area (Å²) in [5.41, 5.74) is 5.92. The number of carbonyl (C=O) groups is 1. The van der Waals surface area contributed by atoms with Gasteiger partial charge in [0, 0.05) is 44.3 Å². The number of piperidine rings is 1. The van der Waals surface area contributed by atoms with Crippen LogP contribution in [-0.4, -0.2) is 78.5 Å². The highest BCUT2D eigenvalue weighted by molar-refractivity contribution is 5.78. The highest BCUT2D eigenvalue weighted by Gasteiger charge is 2.36. The number of hydrogen-bond donors (Lipinski definition) is 1. The number of amides is 1. The van der Waals surface area contributed by atoms with Crippen molar-refractivity contribution in [1.82, 2.24) is 14.7 Å². The van der Waals surface area contributed by atoms with Gasteiger partial charge in [0.25, 0.3) is 0 Å². The molecule has 2 N–H and O–H groups in total. The van der Waals surface area contributed by atoms with Crippen molar-refractivity contribution in [2.45, 2.75) is 50.2 Å². The molecule has 5 nitrogen and oxygen atoms in total. The molecule has 2 bridgehead atoms. The fraction of sp³-hybridized carbons (Fsp3) is 0.933. The number of nitrogens with two attached hydrogens (primary N) is 1. The third-order valence-electron chi connectivity index (χ3n) is 5.49. The number of nitrogens with zero attached hydrogens (tertiary/aromatic N) is 3. The van der Waals surface area contributed by atoms with Crippen molar-refractivity contribution in [2.24, 2.45) is 5.73 Å². The minimum absolute atomic E-state index is 0.321. The van der Waals surface area contributed by atoms with Gasteiger partial charge in [-0.05, 0) is 39.2 Å². The van der Waals surface area contributed by atoms with E-state index >= 15 is 0 Å². The molecule has 0 spiro atoms. The maximum atomic E-state index is 12.5. The number of likely N-dealkylation sites (N-methyl/N-ethyl adjacent to an activating group) is 1. The number of rotatable bonds is 2. The molecule has 3 aliphatic heterocycles. The number of likely N-dealkylation sites (tertiary alicyclic amines) is 2. The Bertz CT molecular complexity index is 354. The lowest BCUT2D eigenvalue weighted by molar-refractivity contribution is -0.133. The first-order valence-corrected chi connectivity index (χ1v) is 8.11. The molecule has 1 amide bonds. The highest BCUT2D eigenvalue weighted by atomic mass is 16.2. The quantitative estimate of drug-likeness (QED) is 0.780. The SMILES string of the molecule is CN1C2CCC1CN(C(=O)CN1CCC(N)CC1)CC2. The van der Waals surface area contributed by atoms with E-state index in [2.05, 4.69) is 21.7 Å². The van der Waals surface area contributed by atoms with Crippen molar-refractivity contribution in [3.63, 3.8) is 0 Å². The largest absolute Gasteiger partial charge is 0.340 e. The maximum Gasteiger partial charge on any atom is 0.236 e. The molecule has 3 fully saturated rings. The van der Waals surface area contributed by atoms with Crippen LogP contribution in [0.1, 0.15) is 32.1 Å². The highest BCUT2D eigenvalue weighted by Crippen LogP contribution is 2.28. The molecule has 0 aromatic carbocycles. The van der Waals surface area contributed by atoms with Crippen LogP contribution in [-0.2, 0) is 4.79 Å². The molecule has 3 rings (SSSR count). The van der Waals surface area contributed by atoms with Crippen molar-refractivity contribution >= 4 is 5.91 Å². The standard InChI is InChI=1S/C15H28N4O/c1-17-13-2-3-14(17)10-19(9-6-13)15(20)11-18-7-4-12(16)5-8-18/h12-14H,2-11,16H2,1H3. The van der Waals surface area contributed by atoms with E-state index in [9.17, 15) is 4.79 Å². The van der Waals surface area contributed by atoms with Crippen molar-refractivity contribution in [1.29, 1.82) is 0 Å². The molecule has 2 atom stereocenters. The van der Waals surface area contributed by atoms with Crippen molar-refractivity contribution in [2.75, 3.05) is 39.8 Å². The summed E-state index contributed by atoms with van der Waals surface area (Å²) in [5.74, 6) is 0.321. The molecule has 0 aliphatic carbocycles. The summed E-state index contributed by atoms with van der Waals surface area (Å²) in [7, 11) is 2.22. The first kappa shape index (κ1) is 14.3. The summed E-state index contributed by atoms with van der Waals surface area (Å²) >= 11 is 0. The third kappa shape index (κ3) is 3.00. The Morgan fingerprint density at radius 3 is 2.50 bits per heavy atom. The fourth-order valence-electron chi connectivity index (χ4n) is 3.94. The van der Waals surface area contributed by atoms with Gasteiger partial charge in [0.1, 0.15) is 0 Å². The van der Waals surface area contributed by atoms with E-state index in [4.69, 9.17) is 5.73 Å². The van der Waals surface area contributed by atoms with E-state index in [-0.39, 0.29) is 0 Å². The van der Waals surface area contributed by atoms with Crippen LogP contribution in [0.15, 0.2) is 0 Å². The molecule has 0 aromatic rings. The summed E-state index contributed by atoms with van der Waals surface area (Å²) in [6, 6.07) is 1.62. The second kappa shape index (κ2) is 6.00. The second-order valence-corrected chi connectivity index (χ2v) is 6.79. The Kier molecular flexibility index (Phi) is 4.29. The van der Waals surface area contributed by atoms with Gasteiger partial charge >= 0.3 is 0 Å². The summed E-state index contributed by atoms with van der Waals surface area (Å²) in [4.78, 5) is 19.4. The minimum atomic E-state index is 0.321. The summed E-state index contributed by atoms with van der Waals surface area (Å²) in [6.45, 7) is 4.42. The summed E-state index contributed by atoms with van der Waals surface area (Å²) in [6.07, 6.45) is 5.77. The van der Waals surface area contributed by atoms with Crippen LogP contribution in [0.3, 0.4) is 0 Å². The molecule has 5 heteroatoms. The minimum Gasteiger partial charge on any atom is -0.340 e. The lowest BCUT2D eigenvalue weighted by atomic mass is 10.1. The van der Waals surface area contributed by atoms with E-state index in [0.29, 0.717) is 30.6 Å². The lowest BCUT2D eigenvalue weighted by Crippen LogP contribution is -2.47. The van der Waals surface area contributed by atoms with Gasteiger partial charge in [0.15, 0.2) is 0 Å². The smallest absolute Gasteiger partial charge is 0.236 e. The van der Waals surface area contributed by atoms with E-state index < -0.39 is 0 Å². The lowest BCUT2D eigenvalue weighted by Gasteiger charge is -2.32. The molecule has 2 unspecified atom stereocenters. The van der Waals surface area contributed by atoms with Crippen molar-refractivity contribution in [3.05, 3.63) is 0 Å². The predicted molar refractivity (Wildman–Crippen MR) is 79.4 cm³/mol. The Balaban J connectivity index is 1.52. The van der Waals surface area contributed by atoms with Gasteiger partial charge in [-0.1, -0.05) is 0 Å². The zero-order chi connectivity index (χ0) is 14.1. The molecule has 20 heavy (non-hydrogen) atoms. The third-order valence-corrected chi connectivity index (χ3v) is 5.49. The van der Waals surface area contributed by atoms with Crippen LogP contribution in [0.2, 0.25) is 0 Å². The van der Waals surface area contributed by atoms with E-state index in [0.717, 1.165) is 45.4 Å². The average molecular weight is 280 g/mol. The van der Waals surface area contributed by atoms with Gasteiger partial charge in [-0.3, -0.25) is 14.6 Å². The molecule has 114 valence electrons. The predicted octanol–water partition coefficient (Wildman–Crippen LogP) is 0.105.